The van der Waals surface area contributed by atoms with Crippen LogP contribution >= 0.6 is 0 Å². The third-order valence-electron chi connectivity index (χ3n) is 5.18. The van der Waals surface area contributed by atoms with Gasteiger partial charge in [0.25, 0.3) is 0 Å². The second-order valence-corrected chi connectivity index (χ2v) is 7.23. The fraction of sp³-hybridized carbons (Fsp3) is 0.0400. The highest BCUT2D eigenvalue weighted by Crippen LogP contribution is 2.28. The van der Waals surface area contributed by atoms with Gasteiger partial charge in [-0.3, -0.25) is 9.38 Å². The Morgan fingerprint density at radius 2 is 1.58 bits per heavy atom. The molecular formula is C25H17F2N3O. The predicted molar refractivity (Wildman–Crippen MR) is 115 cm³/mol. The number of aliphatic hydroxyl groups is 1. The van der Waals surface area contributed by atoms with Gasteiger partial charge in [-0.05, 0) is 83.4 Å². The van der Waals surface area contributed by atoms with E-state index in [1.54, 1.807) is 30.6 Å². The Hall–Kier alpha value is -3.90. The molecule has 0 saturated carbocycles. The van der Waals surface area contributed by atoms with Crippen molar-refractivity contribution in [2.24, 2.45) is 0 Å². The molecule has 0 amide bonds. The number of nitrogens with zero attached hydrogens (tertiary/aromatic N) is 3. The number of aliphatic hydroxyl groups excluding tert-OH is 1. The zero-order valence-corrected chi connectivity index (χ0v) is 16.3. The lowest BCUT2D eigenvalue weighted by Gasteiger charge is -2.08. The van der Waals surface area contributed by atoms with Gasteiger partial charge in [0.15, 0.2) is 0 Å². The van der Waals surface area contributed by atoms with E-state index < -0.39 is 5.82 Å². The topological polar surface area (TPSA) is 50.4 Å². The average Bonchev–Trinajstić information content (AvgIpc) is 3.22. The fourth-order valence-electron chi connectivity index (χ4n) is 3.65. The smallest absolute Gasteiger partial charge is 0.137 e. The van der Waals surface area contributed by atoms with Crippen LogP contribution in [0, 0.1) is 11.6 Å². The molecule has 3 heterocycles. The van der Waals surface area contributed by atoms with Gasteiger partial charge in [-0.2, -0.15) is 0 Å². The number of aromatic nitrogens is 3. The summed E-state index contributed by atoms with van der Waals surface area (Å²) in [5, 5.41) is 9.35. The Labute approximate surface area is 177 Å². The van der Waals surface area contributed by atoms with Crippen molar-refractivity contribution < 1.29 is 13.9 Å². The zero-order chi connectivity index (χ0) is 21.4. The summed E-state index contributed by atoms with van der Waals surface area (Å²) in [5.41, 5.74) is 6.07. The fourth-order valence-corrected chi connectivity index (χ4v) is 3.65. The average molecular weight is 413 g/mol. The molecule has 3 aromatic heterocycles. The van der Waals surface area contributed by atoms with E-state index in [2.05, 4.69) is 9.97 Å². The van der Waals surface area contributed by atoms with E-state index in [1.165, 1.54) is 24.3 Å². The molecule has 1 N–H and O–H groups in total. The van der Waals surface area contributed by atoms with E-state index in [9.17, 15) is 13.9 Å². The van der Waals surface area contributed by atoms with E-state index >= 15 is 0 Å². The molecule has 31 heavy (non-hydrogen) atoms. The summed E-state index contributed by atoms with van der Waals surface area (Å²) < 4.78 is 29.1. The van der Waals surface area contributed by atoms with Gasteiger partial charge >= 0.3 is 0 Å². The lowest BCUT2D eigenvalue weighted by atomic mass is 10.0. The highest BCUT2D eigenvalue weighted by molar-refractivity contribution is 5.73. The van der Waals surface area contributed by atoms with Crippen molar-refractivity contribution in [2.75, 3.05) is 0 Å². The molecule has 0 atom stereocenters. The van der Waals surface area contributed by atoms with Gasteiger partial charge in [-0.1, -0.05) is 0 Å². The van der Waals surface area contributed by atoms with Crippen LogP contribution < -0.4 is 0 Å². The maximum Gasteiger partial charge on any atom is 0.137 e. The Bertz CT molecular complexity index is 1390. The second-order valence-electron chi connectivity index (χ2n) is 7.23. The van der Waals surface area contributed by atoms with Gasteiger partial charge in [0.1, 0.15) is 17.3 Å². The van der Waals surface area contributed by atoms with Crippen LogP contribution in [0.1, 0.15) is 5.56 Å². The number of fused-ring (bicyclic) bond motifs is 1. The Morgan fingerprint density at radius 3 is 2.39 bits per heavy atom. The molecule has 5 aromatic rings. The summed E-state index contributed by atoms with van der Waals surface area (Å²) in [6.07, 6.45) is 5.37. The lowest BCUT2D eigenvalue weighted by Crippen LogP contribution is -1.92. The molecule has 0 bridgehead atoms. The van der Waals surface area contributed by atoms with Crippen LogP contribution in [0.15, 0.2) is 85.3 Å². The molecule has 4 nitrogen and oxygen atoms in total. The predicted octanol–water partition coefficient (Wildman–Crippen LogP) is 5.50. The van der Waals surface area contributed by atoms with Crippen molar-refractivity contribution in [3.05, 3.63) is 103 Å². The van der Waals surface area contributed by atoms with Gasteiger partial charge in [0.05, 0.1) is 24.2 Å². The van der Waals surface area contributed by atoms with Gasteiger partial charge < -0.3 is 5.11 Å². The van der Waals surface area contributed by atoms with Crippen molar-refractivity contribution in [3.8, 4) is 33.6 Å². The Kier molecular flexibility index (Phi) is 4.76. The third-order valence-corrected chi connectivity index (χ3v) is 5.18. The molecule has 152 valence electrons. The first-order valence-corrected chi connectivity index (χ1v) is 9.71. The standard InChI is InChI=1S/C25H17F2N3O/c26-21-3-1-17(2-4-21)23-12-19(5-7-28-23)24-14-29-25-13-18(6-8-30(24)25)20-9-16(15-31)10-22(27)11-20/h1-14,31H,15H2. The molecule has 5 rings (SSSR count). The Morgan fingerprint density at radius 1 is 0.742 bits per heavy atom. The summed E-state index contributed by atoms with van der Waals surface area (Å²) in [6.45, 7) is -0.223. The summed E-state index contributed by atoms with van der Waals surface area (Å²) in [5.74, 6) is -0.683. The molecule has 6 heteroatoms. The van der Waals surface area contributed by atoms with Gasteiger partial charge in [-0.15, -0.1) is 0 Å². The van der Waals surface area contributed by atoms with E-state index in [4.69, 9.17) is 0 Å². The van der Waals surface area contributed by atoms with Crippen LogP contribution in [0.2, 0.25) is 0 Å². The van der Waals surface area contributed by atoms with Crippen molar-refractivity contribution in [3.63, 3.8) is 0 Å². The summed E-state index contributed by atoms with van der Waals surface area (Å²) >= 11 is 0. The normalized spacial score (nSPS) is 11.2. The molecule has 0 aliphatic carbocycles. The van der Waals surface area contributed by atoms with Crippen LogP contribution in [-0.2, 0) is 6.61 Å². The van der Waals surface area contributed by atoms with E-state index in [0.29, 0.717) is 16.8 Å². The molecule has 0 saturated heterocycles. The van der Waals surface area contributed by atoms with Gasteiger partial charge in [-0.25, -0.2) is 13.8 Å². The first kappa shape index (κ1) is 19.1. The summed E-state index contributed by atoms with van der Waals surface area (Å²) in [4.78, 5) is 8.91. The minimum absolute atomic E-state index is 0.223. The number of halogens is 2. The van der Waals surface area contributed by atoms with Crippen molar-refractivity contribution >= 4 is 5.65 Å². The minimum atomic E-state index is -0.393. The molecule has 2 aromatic carbocycles. The van der Waals surface area contributed by atoms with Gasteiger partial charge in [0.2, 0.25) is 0 Å². The van der Waals surface area contributed by atoms with E-state index in [1.807, 2.05) is 34.9 Å². The van der Waals surface area contributed by atoms with Crippen LogP contribution in [-0.4, -0.2) is 19.5 Å². The Balaban J connectivity index is 1.55. The largest absolute Gasteiger partial charge is 0.392 e. The van der Waals surface area contributed by atoms with Crippen molar-refractivity contribution in [1.29, 1.82) is 0 Å². The number of pyridine rings is 2. The second kappa shape index (κ2) is 7.74. The van der Waals surface area contributed by atoms with Crippen LogP contribution in [0.5, 0.6) is 0 Å². The van der Waals surface area contributed by atoms with Crippen LogP contribution in [0.3, 0.4) is 0 Å². The minimum Gasteiger partial charge on any atom is -0.392 e. The molecular weight excluding hydrogens is 396 g/mol. The SMILES string of the molecule is OCc1cc(F)cc(-c2ccn3c(-c4ccnc(-c5ccc(F)cc5)c4)cnc3c2)c1. The molecule has 0 fully saturated rings. The lowest BCUT2D eigenvalue weighted by molar-refractivity contribution is 0.281. The molecule has 0 aliphatic rings. The number of rotatable bonds is 4. The van der Waals surface area contributed by atoms with E-state index in [-0.39, 0.29) is 12.4 Å². The van der Waals surface area contributed by atoms with Crippen LogP contribution in [0.25, 0.3) is 39.3 Å². The first-order valence-electron chi connectivity index (χ1n) is 9.71. The van der Waals surface area contributed by atoms with Gasteiger partial charge in [0, 0.05) is 23.5 Å². The highest BCUT2D eigenvalue weighted by atomic mass is 19.1. The number of imidazole rings is 1. The zero-order valence-electron chi connectivity index (χ0n) is 16.3. The number of benzene rings is 2. The van der Waals surface area contributed by atoms with E-state index in [0.717, 1.165) is 28.1 Å². The first-order chi connectivity index (χ1) is 15.1. The molecule has 0 spiro atoms. The highest BCUT2D eigenvalue weighted by Gasteiger charge is 2.10. The molecule has 0 radical (unpaired) electrons. The number of hydrogen-bond acceptors (Lipinski definition) is 3. The summed E-state index contributed by atoms with van der Waals surface area (Å²) in [7, 11) is 0. The molecule has 0 aliphatic heterocycles. The monoisotopic (exact) mass is 413 g/mol. The third kappa shape index (κ3) is 3.69. The van der Waals surface area contributed by atoms with Crippen molar-refractivity contribution in [2.45, 2.75) is 6.61 Å². The quantitative estimate of drug-likeness (QED) is 0.423. The van der Waals surface area contributed by atoms with Crippen LogP contribution in [0.4, 0.5) is 8.78 Å². The number of hydrogen-bond donors (Lipinski definition) is 1. The molecule has 0 unspecified atom stereocenters. The summed E-state index contributed by atoms with van der Waals surface area (Å²) in [6, 6.07) is 18.3. The van der Waals surface area contributed by atoms with Crippen molar-refractivity contribution in [1.82, 2.24) is 14.4 Å². The maximum atomic E-state index is 13.9. The maximum absolute atomic E-state index is 13.9.